The first-order valence-corrected chi connectivity index (χ1v) is 7.11. The van der Waals surface area contributed by atoms with E-state index in [0.717, 1.165) is 18.8 Å². The van der Waals surface area contributed by atoms with Gasteiger partial charge in [-0.3, -0.25) is 0 Å². The zero-order chi connectivity index (χ0) is 12.1. The van der Waals surface area contributed by atoms with Gasteiger partial charge in [0.05, 0.1) is 0 Å². The Hall–Kier alpha value is -0.820. The summed E-state index contributed by atoms with van der Waals surface area (Å²) in [5, 5.41) is 0. The summed E-state index contributed by atoms with van der Waals surface area (Å²) < 4.78 is 0. The molecule has 1 atom stereocenters. The van der Waals surface area contributed by atoms with Crippen LogP contribution in [0.5, 0.6) is 0 Å². The van der Waals surface area contributed by atoms with Gasteiger partial charge in [-0.25, -0.2) is 0 Å². The predicted molar refractivity (Wildman–Crippen MR) is 74.1 cm³/mol. The van der Waals surface area contributed by atoms with Crippen LogP contribution in [0.2, 0.25) is 0 Å². The molecule has 2 N–H and O–H groups in total. The molecule has 1 nitrogen and oxygen atoms in total. The maximum atomic E-state index is 6.26. The second kappa shape index (κ2) is 6.20. The van der Waals surface area contributed by atoms with Crippen LogP contribution in [-0.4, -0.2) is 6.04 Å². The molecule has 1 aliphatic rings. The molecular formula is C16H25N. The average molecular weight is 231 g/mol. The largest absolute Gasteiger partial charge is 0.327 e. The molecule has 1 heteroatoms. The van der Waals surface area contributed by atoms with Gasteiger partial charge in [0.15, 0.2) is 0 Å². The van der Waals surface area contributed by atoms with E-state index in [9.17, 15) is 0 Å². The molecule has 0 aliphatic heterocycles. The lowest BCUT2D eigenvalue weighted by molar-refractivity contribution is 0.440. The van der Waals surface area contributed by atoms with Crippen LogP contribution in [-0.2, 0) is 12.8 Å². The molecule has 94 valence electrons. The molecule has 1 unspecified atom stereocenters. The van der Waals surface area contributed by atoms with Gasteiger partial charge in [0.1, 0.15) is 0 Å². The molecule has 17 heavy (non-hydrogen) atoms. The first kappa shape index (κ1) is 12.6. The highest BCUT2D eigenvalue weighted by Gasteiger charge is 2.18. The summed E-state index contributed by atoms with van der Waals surface area (Å²) in [4.78, 5) is 0. The smallest absolute Gasteiger partial charge is 0.00819 e. The summed E-state index contributed by atoms with van der Waals surface area (Å²) in [6, 6.07) is 9.31. The Bertz CT molecular complexity index is 322. The van der Waals surface area contributed by atoms with Gasteiger partial charge in [-0.1, -0.05) is 56.9 Å². The highest BCUT2D eigenvalue weighted by atomic mass is 14.6. The normalized spacial score (nSPS) is 18.5. The molecule has 0 spiro atoms. The van der Waals surface area contributed by atoms with E-state index >= 15 is 0 Å². The van der Waals surface area contributed by atoms with E-state index in [1.165, 1.54) is 43.2 Å². The van der Waals surface area contributed by atoms with Crippen LogP contribution in [0.3, 0.4) is 0 Å². The van der Waals surface area contributed by atoms with E-state index < -0.39 is 0 Å². The number of aryl methyl sites for hydroxylation is 1. The zero-order valence-corrected chi connectivity index (χ0v) is 11.0. The van der Waals surface area contributed by atoms with Crippen molar-refractivity contribution in [2.45, 2.75) is 57.9 Å². The minimum atomic E-state index is 0.352. The Morgan fingerprint density at radius 2 is 1.71 bits per heavy atom. The minimum absolute atomic E-state index is 0.352. The Morgan fingerprint density at radius 3 is 2.29 bits per heavy atom. The van der Waals surface area contributed by atoms with Gasteiger partial charge in [-0.15, -0.1) is 0 Å². The van der Waals surface area contributed by atoms with Crippen molar-refractivity contribution >= 4 is 0 Å². The molecule has 1 aliphatic carbocycles. The summed E-state index contributed by atoms with van der Waals surface area (Å²) in [6.07, 6.45) is 9.03. The van der Waals surface area contributed by atoms with Crippen molar-refractivity contribution in [2.75, 3.05) is 0 Å². The van der Waals surface area contributed by atoms with Crippen LogP contribution in [0.25, 0.3) is 0 Å². The fraction of sp³-hybridized carbons (Fsp3) is 0.625. The number of rotatable bonds is 5. The van der Waals surface area contributed by atoms with Gasteiger partial charge in [-0.2, -0.15) is 0 Å². The van der Waals surface area contributed by atoms with Crippen molar-refractivity contribution in [1.29, 1.82) is 0 Å². The lowest BCUT2D eigenvalue weighted by Gasteiger charge is -2.16. The van der Waals surface area contributed by atoms with E-state index in [1.54, 1.807) is 0 Å². The molecule has 1 aromatic rings. The molecule has 0 heterocycles. The molecule has 0 saturated heterocycles. The standard InChI is InChI=1S/C16H25N/c1-2-13-7-9-15(10-8-13)12-16(17)11-14-5-3-4-6-14/h7-10,14,16H,2-6,11-12,17H2,1H3. The predicted octanol–water partition coefficient (Wildman–Crippen LogP) is 3.70. The van der Waals surface area contributed by atoms with E-state index in [-0.39, 0.29) is 0 Å². The van der Waals surface area contributed by atoms with Crippen molar-refractivity contribution in [1.82, 2.24) is 0 Å². The third-order valence-corrected chi connectivity index (χ3v) is 4.04. The van der Waals surface area contributed by atoms with Crippen LogP contribution in [0, 0.1) is 5.92 Å². The monoisotopic (exact) mass is 231 g/mol. The molecule has 0 radical (unpaired) electrons. The number of nitrogens with two attached hydrogens (primary N) is 1. The maximum Gasteiger partial charge on any atom is 0.00819 e. The lowest BCUT2D eigenvalue weighted by atomic mass is 9.94. The topological polar surface area (TPSA) is 26.0 Å². The van der Waals surface area contributed by atoms with Gasteiger partial charge in [0.25, 0.3) is 0 Å². The van der Waals surface area contributed by atoms with Gasteiger partial charge in [0.2, 0.25) is 0 Å². The van der Waals surface area contributed by atoms with Crippen LogP contribution in [0.1, 0.15) is 50.2 Å². The van der Waals surface area contributed by atoms with E-state index in [0.29, 0.717) is 6.04 Å². The third-order valence-electron chi connectivity index (χ3n) is 4.04. The highest BCUT2D eigenvalue weighted by Crippen LogP contribution is 2.28. The highest BCUT2D eigenvalue weighted by molar-refractivity contribution is 5.23. The van der Waals surface area contributed by atoms with E-state index in [2.05, 4.69) is 31.2 Å². The second-order valence-electron chi connectivity index (χ2n) is 5.52. The van der Waals surface area contributed by atoms with Gasteiger partial charge in [0, 0.05) is 6.04 Å². The summed E-state index contributed by atoms with van der Waals surface area (Å²) in [5.41, 5.74) is 9.07. The zero-order valence-electron chi connectivity index (χ0n) is 11.0. The third kappa shape index (κ3) is 3.85. The molecule has 0 aromatic heterocycles. The maximum absolute atomic E-state index is 6.26. The van der Waals surface area contributed by atoms with Crippen LogP contribution in [0.15, 0.2) is 24.3 Å². The lowest BCUT2D eigenvalue weighted by Crippen LogP contribution is -2.25. The van der Waals surface area contributed by atoms with Crippen LogP contribution < -0.4 is 5.73 Å². The minimum Gasteiger partial charge on any atom is -0.327 e. The Labute approximate surface area is 105 Å². The van der Waals surface area contributed by atoms with Crippen LogP contribution >= 0.6 is 0 Å². The molecule has 1 saturated carbocycles. The Balaban J connectivity index is 1.81. The first-order chi connectivity index (χ1) is 8.28. The quantitative estimate of drug-likeness (QED) is 0.821. The van der Waals surface area contributed by atoms with Crippen molar-refractivity contribution in [3.63, 3.8) is 0 Å². The molecule has 1 aromatic carbocycles. The van der Waals surface area contributed by atoms with Crippen molar-refractivity contribution in [3.05, 3.63) is 35.4 Å². The first-order valence-electron chi connectivity index (χ1n) is 7.11. The average Bonchev–Trinajstić information content (AvgIpc) is 2.82. The fourth-order valence-corrected chi connectivity index (χ4v) is 2.97. The molecule has 1 fully saturated rings. The van der Waals surface area contributed by atoms with Crippen molar-refractivity contribution in [3.8, 4) is 0 Å². The molecule has 0 amide bonds. The van der Waals surface area contributed by atoms with Gasteiger partial charge < -0.3 is 5.73 Å². The number of hydrogen-bond acceptors (Lipinski definition) is 1. The molecular weight excluding hydrogens is 206 g/mol. The second-order valence-corrected chi connectivity index (χ2v) is 5.52. The summed E-state index contributed by atoms with van der Waals surface area (Å²) in [5.74, 6) is 0.903. The van der Waals surface area contributed by atoms with Gasteiger partial charge in [-0.05, 0) is 36.3 Å². The number of benzene rings is 1. The molecule has 2 rings (SSSR count). The Kier molecular flexibility index (Phi) is 4.61. The van der Waals surface area contributed by atoms with Gasteiger partial charge >= 0.3 is 0 Å². The summed E-state index contributed by atoms with van der Waals surface area (Å²) in [7, 11) is 0. The van der Waals surface area contributed by atoms with Crippen LogP contribution in [0.4, 0.5) is 0 Å². The molecule has 0 bridgehead atoms. The summed E-state index contributed by atoms with van der Waals surface area (Å²) >= 11 is 0. The number of hydrogen-bond donors (Lipinski definition) is 1. The van der Waals surface area contributed by atoms with E-state index in [4.69, 9.17) is 5.73 Å². The fourth-order valence-electron chi connectivity index (χ4n) is 2.97. The SMILES string of the molecule is CCc1ccc(CC(N)CC2CCCC2)cc1. The Morgan fingerprint density at radius 1 is 1.12 bits per heavy atom. The summed E-state index contributed by atoms with van der Waals surface area (Å²) in [6.45, 7) is 2.20. The van der Waals surface area contributed by atoms with Crippen molar-refractivity contribution < 1.29 is 0 Å². The van der Waals surface area contributed by atoms with Crippen molar-refractivity contribution in [2.24, 2.45) is 11.7 Å². The van der Waals surface area contributed by atoms with E-state index in [1.807, 2.05) is 0 Å².